The first-order chi connectivity index (χ1) is 17.5. The zero-order valence-corrected chi connectivity index (χ0v) is 27.4. The smallest absolute Gasteiger partial charge is 0.309 e. The minimum atomic E-state index is -2.33. The third-order valence-corrected chi connectivity index (χ3v) is 19.4. The Balaban J connectivity index is 2.38. The number of rotatable bonds is 11. The van der Waals surface area contributed by atoms with Crippen LogP contribution in [0.2, 0.25) is 36.3 Å². The zero-order valence-electron chi connectivity index (χ0n) is 25.4. The summed E-state index contributed by atoms with van der Waals surface area (Å²) in [6, 6.07) is 5.37. The molecule has 1 aliphatic heterocycles. The summed E-state index contributed by atoms with van der Waals surface area (Å²) in [7, 11) is -4.52. The lowest BCUT2D eigenvalue weighted by atomic mass is 9.79. The van der Waals surface area contributed by atoms with Crippen molar-refractivity contribution in [3.05, 3.63) is 39.9 Å². The first kappa shape index (κ1) is 33.1. The van der Waals surface area contributed by atoms with E-state index in [1.165, 1.54) is 24.3 Å². The number of non-ortho nitro benzene ring substituents is 1. The van der Waals surface area contributed by atoms with Gasteiger partial charge in [-0.2, -0.15) is 0 Å². The molecule has 0 aliphatic carbocycles. The predicted molar refractivity (Wildman–Crippen MR) is 158 cm³/mol. The van der Waals surface area contributed by atoms with Gasteiger partial charge in [-0.05, 0) is 48.5 Å². The van der Waals surface area contributed by atoms with Crippen molar-refractivity contribution in [1.29, 1.82) is 0 Å². The zero-order chi connectivity index (χ0) is 30.3. The van der Waals surface area contributed by atoms with Crippen molar-refractivity contribution in [1.82, 2.24) is 4.57 Å². The fourth-order valence-electron chi connectivity index (χ4n) is 4.91. The molecule has 1 aromatic carbocycles. The molecule has 39 heavy (non-hydrogen) atoms. The van der Waals surface area contributed by atoms with E-state index in [0.717, 1.165) is 0 Å². The second-order valence-electron chi connectivity index (χ2n) is 14.1. The fourth-order valence-corrected chi connectivity index (χ4v) is 8.85. The fraction of sp³-hybridized carbons (Fsp3) is 0.714. The van der Waals surface area contributed by atoms with E-state index in [1.807, 2.05) is 11.5 Å². The summed E-state index contributed by atoms with van der Waals surface area (Å²) in [6.07, 6.45) is -1.44. The second kappa shape index (κ2) is 11.4. The summed E-state index contributed by atoms with van der Waals surface area (Å²) in [5, 5.41) is 32.1. The molecule has 5 atom stereocenters. The molecule has 0 radical (unpaired) electrons. The Morgan fingerprint density at radius 3 is 2.00 bits per heavy atom. The summed E-state index contributed by atoms with van der Waals surface area (Å²) in [4.78, 5) is 36.5. The number of aliphatic hydroxyl groups is 1. The van der Waals surface area contributed by atoms with Crippen LogP contribution in [0.5, 0.6) is 0 Å². The predicted octanol–water partition coefficient (Wildman–Crippen LogP) is 5.83. The Labute approximate surface area is 235 Å². The first-order valence-corrected chi connectivity index (χ1v) is 19.5. The van der Waals surface area contributed by atoms with Crippen LogP contribution in [0.15, 0.2) is 24.3 Å². The molecule has 11 heteroatoms. The number of nitro benzene ring substituents is 1. The number of aliphatic carboxylic acids is 1. The van der Waals surface area contributed by atoms with Crippen LogP contribution < -0.4 is 0 Å². The summed E-state index contributed by atoms with van der Waals surface area (Å²) in [6.45, 7) is 23.3. The monoisotopic (exact) mass is 580 g/mol. The highest BCUT2D eigenvalue weighted by Gasteiger charge is 2.60. The van der Waals surface area contributed by atoms with E-state index in [2.05, 4.69) is 67.7 Å². The van der Waals surface area contributed by atoms with Gasteiger partial charge < -0.3 is 19.2 Å². The van der Waals surface area contributed by atoms with E-state index in [1.54, 1.807) is 0 Å². The summed E-state index contributed by atoms with van der Waals surface area (Å²) in [5.74, 6) is -2.71. The topological polar surface area (TPSA) is 130 Å². The van der Waals surface area contributed by atoms with Crippen molar-refractivity contribution in [3.63, 3.8) is 0 Å². The molecular formula is C28H48N2O7Si2. The number of β-lactam (4-membered cyclic amide) rings is 1. The maximum Gasteiger partial charge on any atom is 0.309 e. The molecule has 0 bridgehead atoms. The average Bonchev–Trinajstić information content (AvgIpc) is 2.74. The third-order valence-electron chi connectivity index (χ3n) is 9.37. The van der Waals surface area contributed by atoms with Crippen molar-refractivity contribution in [2.24, 2.45) is 11.8 Å². The van der Waals surface area contributed by atoms with Crippen molar-refractivity contribution < 1.29 is 29.2 Å². The molecule has 1 aliphatic rings. The first-order valence-electron chi connectivity index (χ1n) is 13.7. The van der Waals surface area contributed by atoms with Gasteiger partial charge in [0.25, 0.3) is 5.69 Å². The number of hydrogen-bond acceptors (Lipinski definition) is 6. The van der Waals surface area contributed by atoms with Crippen LogP contribution >= 0.6 is 0 Å². The van der Waals surface area contributed by atoms with Crippen LogP contribution in [0, 0.1) is 22.0 Å². The number of hydrogen-bond donors (Lipinski definition) is 2. The maximum atomic E-state index is 13.7. The Morgan fingerprint density at radius 2 is 1.59 bits per heavy atom. The normalized spacial score (nSPS) is 21.2. The Hall–Kier alpha value is -2.09. The summed E-state index contributed by atoms with van der Waals surface area (Å²) < 4.78 is 8.58. The van der Waals surface area contributed by atoms with Gasteiger partial charge in [0.2, 0.25) is 5.91 Å². The van der Waals surface area contributed by atoms with Gasteiger partial charge in [0, 0.05) is 18.2 Å². The van der Waals surface area contributed by atoms with Crippen LogP contribution in [0.25, 0.3) is 0 Å². The molecule has 1 heterocycles. The summed E-state index contributed by atoms with van der Waals surface area (Å²) >= 11 is 0. The van der Waals surface area contributed by atoms with Crippen molar-refractivity contribution in [2.75, 3.05) is 0 Å². The van der Waals surface area contributed by atoms with Crippen molar-refractivity contribution in [2.45, 2.75) is 116 Å². The number of carboxylic acids is 1. The van der Waals surface area contributed by atoms with E-state index in [0.29, 0.717) is 5.56 Å². The van der Waals surface area contributed by atoms with Gasteiger partial charge in [0.1, 0.15) is 0 Å². The molecule has 220 valence electrons. The Morgan fingerprint density at radius 1 is 1.08 bits per heavy atom. The number of carbonyl (C=O) groups is 2. The Bertz CT molecular complexity index is 1060. The molecule has 2 N–H and O–H groups in total. The van der Waals surface area contributed by atoms with Gasteiger partial charge in [0.15, 0.2) is 16.6 Å². The van der Waals surface area contributed by atoms with E-state index < -0.39 is 45.4 Å². The number of aliphatic hydroxyl groups excluding tert-OH is 1. The van der Waals surface area contributed by atoms with Crippen molar-refractivity contribution >= 4 is 34.1 Å². The molecule has 2 unspecified atom stereocenters. The highest BCUT2D eigenvalue weighted by atomic mass is 28.4. The van der Waals surface area contributed by atoms with Crippen LogP contribution in [0.4, 0.5) is 5.69 Å². The number of nitro groups is 1. The van der Waals surface area contributed by atoms with E-state index in [-0.39, 0.29) is 46.7 Å². The molecule has 1 fully saturated rings. The molecule has 2 rings (SSSR count). The Kier molecular flexibility index (Phi) is 9.70. The van der Waals surface area contributed by atoms with Crippen molar-refractivity contribution in [3.8, 4) is 0 Å². The third kappa shape index (κ3) is 6.98. The van der Waals surface area contributed by atoms with Gasteiger partial charge in [-0.25, -0.2) is 0 Å². The van der Waals surface area contributed by atoms with Crippen LogP contribution in [-0.2, 0) is 20.4 Å². The lowest BCUT2D eigenvalue weighted by molar-refractivity contribution is -0.384. The molecule has 1 aromatic rings. The molecule has 1 amide bonds. The highest BCUT2D eigenvalue weighted by Crippen LogP contribution is 2.48. The minimum Gasteiger partial charge on any atom is -0.481 e. The van der Waals surface area contributed by atoms with Crippen LogP contribution in [-0.4, -0.2) is 66.4 Å². The number of nitrogens with zero attached hydrogens (tertiary/aromatic N) is 2. The lowest BCUT2D eigenvalue weighted by Crippen LogP contribution is -2.75. The molecule has 0 saturated carbocycles. The van der Waals surface area contributed by atoms with E-state index in [4.69, 9.17) is 4.43 Å². The summed E-state index contributed by atoms with van der Waals surface area (Å²) in [5.41, 5.74) is 0.506. The standard InChI is InChI=1S/C28H48N2O7Si2/c1-18(37-39(10,11)28(5,6)7)24-22(29(25(24)32)38(8,9)27(2,3)4)17-23(31)21(26(33)34)16-19-12-14-20(15-13-19)30(35)36/h12-15,18,21-24,31H,16-17H2,1-11H3,(H,33,34)/t18-,21?,22-,23?,24-/m1/s1. The molecule has 9 nitrogen and oxygen atoms in total. The van der Waals surface area contributed by atoms with E-state index >= 15 is 0 Å². The number of carboxylic acid groups (broad SMARTS) is 1. The molecule has 0 spiro atoms. The van der Waals surface area contributed by atoms with Gasteiger partial charge in [-0.3, -0.25) is 19.7 Å². The highest BCUT2D eigenvalue weighted by molar-refractivity contribution is 6.80. The van der Waals surface area contributed by atoms with Gasteiger partial charge in [-0.1, -0.05) is 66.8 Å². The molecule has 1 saturated heterocycles. The second-order valence-corrected chi connectivity index (χ2v) is 23.9. The largest absolute Gasteiger partial charge is 0.481 e. The minimum absolute atomic E-state index is 0.0206. The van der Waals surface area contributed by atoms with Crippen LogP contribution in [0.3, 0.4) is 0 Å². The lowest BCUT2D eigenvalue weighted by Gasteiger charge is -2.60. The quantitative estimate of drug-likeness (QED) is 0.146. The average molecular weight is 581 g/mol. The van der Waals surface area contributed by atoms with Gasteiger partial charge in [0.05, 0.1) is 29.0 Å². The molecule has 0 aromatic heterocycles. The number of carbonyl (C=O) groups excluding carboxylic acids is 1. The number of amides is 1. The number of benzene rings is 1. The van der Waals surface area contributed by atoms with Crippen LogP contribution in [0.1, 0.15) is 60.5 Å². The SMILES string of the molecule is C[C@@H](O[Si](C)(C)C(C)(C)C)[C@H]1C(=O)N([Si](C)(C)C(C)(C)C)[C@@H]1CC(O)C(Cc1ccc([N+](=O)[O-])cc1)C(=O)O. The van der Waals surface area contributed by atoms with Gasteiger partial charge in [-0.15, -0.1) is 0 Å². The van der Waals surface area contributed by atoms with Gasteiger partial charge >= 0.3 is 5.97 Å². The van der Waals surface area contributed by atoms with E-state index in [9.17, 15) is 29.9 Å². The molecular weight excluding hydrogens is 532 g/mol. The maximum absolute atomic E-state index is 13.7.